The first-order valence-electron chi connectivity index (χ1n) is 12.8. The van der Waals surface area contributed by atoms with E-state index in [1.165, 1.54) is 35.2 Å². The molecule has 1 amide bonds. The average Bonchev–Trinajstić information content (AvgIpc) is 3.68. The van der Waals surface area contributed by atoms with E-state index in [-0.39, 0.29) is 11.6 Å². The summed E-state index contributed by atoms with van der Waals surface area (Å²) in [5.41, 5.74) is 3.23. The summed E-state index contributed by atoms with van der Waals surface area (Å²) >= 11 is 2.97. The third-order valence-electron chi connectivity index (χ3n) is 6.66. The SMILES string of the molecule is O=C(c1csc(CSc2nnc(-c3cccnc3)n2-c2ccccc2)n1)N1CCN(c2ccc([N+](=O)[O-])cc2)CC1. The number of thioether (sulfide) groups is 1. The third kappa shape index (κ3) is 5.81. The van der Waals surface area contributed by atoms with Crippen molar-refractivity contribution in [2.75, 3.05) is 31.1 Å². The highest BCUT2D eigenvalue weighted by Gasteiger charge is 2.25. The second kappa shape index (κ2) is 11.9. The van der Waals surface area contributed by atoms with E-state index >= 15 is 0 Å². The fourth-order valence-corrected chi connectivity index (χ4v) is 6.31. The maximum absolute atomic E-state index is 13.2. The average molecular weight is 585 g/mol. The van der Waals surface area contributed by atoms with Crippen molar-refractivity contribution in [1.82, 2.24) is 29.6 Å². The van der Waals surface area contributed by atoms with Gasteiger partial charge in [0.25, 0.3) is 11.6 Å². The number of amides is 1. The van der Waals surface area contributed by atoms with Crippen LogP contribution in [0, 0.1) is 10.1 Å². The minimum absolute atomic E-state index is 0.0642. The summed E-state index contributed by atoms with van der Waals surface area (Å²) in [6, 6.07) is 20.3. The monoisotopic (exact) mass is 584 g/mol. The zero-order valence-corrected chi connectivity index (χ0v) is 23.4. The highest BCUT2D eigenvalue weighted by molar-refractivity contribution is 7.98. The van der Waals surface area contributed by atoms with Gasteiger partial charge in [-0.05, 0) is 36.4 Å². The van der Waals surface area contributed by atoms with E-state index in [1.807, 2.05) is 52.4 Å². The number of carbonyl (C=O) groups excluding carboxylic acids is 1. The molecule has 1 aliphatic rings. The fraction of sp³-hybridized carbons (Fsp3) is 0.179. The van der Waals surface area contributed by atoms with E-state index in [4.69, 9.17) is 0 Å². The fourth-order valence-electron chi connectivity index (χ4n) is 4.57. The van der Waals surface area contributed by atoms with Crippen LogP contribution in [0.5, 0.6) is 0 Å². The Labute approximate surface area is 243 Å². The summed E-state index contributed by atoms with van der Waals surface area (Å²) in [6.07, 6.45) is 3.49. The smallest absolute Gasteiger partial charge is 0.273 e. The van der Waals surface area contributed by atoms with E-state index < -0.39 is 4.92 Å². The van der Waals surface area contributed by atoms with Crippen LogP contribution in [0.4, 0.5) is 11.4 Å². The number of nitro benzene ring substituents is 1. The molecule has 0 aliphatic carbocycles. The zero-order chi connectivity index (χ0) is 28.2. The number of hydrogen-bond donors (Lipinski definition) is 0. The molecule has 0 spiro atoms. The molecule has 11 nitrogen and oxygen atoms in total. The van der Waals surface area contributed by atoms with Crippen LogP contribution in [-0.4, -0.2) is 66.6 Å². The van der Waals surface area contributed by atoms with Crippen molar-refractivity contribution in [2.45, 2.75) is 10.9 Å². The molecule has 0 unspecified atom stereocenters. The van der Waals surface area contributed by atoms with E-state index in [0.29, 0.717) is 43.5 Å². The lowest BCUT2D eigenvalue weighted by molar-refractivity contribution is -0.384. The van der Waals surface area contributed by atoms with Crippen molar-refractivity contribution >= 4 is 40.4 Å². The van der Waals surface area contributed by atoms with Gasteiger partial charge in [-0.2, -0.15) is 0 Å². The van der Waals surface area contributed by atoms with Gasteiger partial charge in [0.15, 0.2) is 11.0 Å². The number of carbonyl (C=O) groups is 1. The molecule has 0 atom stereocenters. The molecule has 13 heteroatoms. The molecule has 1 aliphatic heterocycles. The Hall–Kier alpha value is -4.62. The molecule has 206 valence electrons. The first-order chi connectivity index (χ1) is 20.1. The molecule has 0 N–H and O–H groups in total. The van der Waals surface area contributed by atoms with Crippen LogP contribution in [0.15, 0.2) is 89.7 Å². The van der Waals surface area contributed by atoms with Gasteiger partial charge in [-0.1, -0.05) is 30.0 Å². The predicted molar refractivity (Wildman–Crippen MR) is 157 cm³/mol. The number of thiazole rings is 1. The largest absolute Gasteiger partial charge is 0.368 e. The van der Waals surface area contributed by atoms with Crippen LogP contribution in [0.1, 0.15) is 15.5 Å². The number of anilines is 1. The molecule has 0 radical (unpaired) electrons. The van der Waals surface area contributed by atoms with Gasteiger partial charge in [0.2, 0.25) is 0 Å². The molecule has 1 saturated heterocycles. The number of benzene rings is 2. The van der Waals surface area contributed by atoms with Crippen LogP contribution in [0.3, 0.4) is 0 Å². The minimum atomic E-state index is -0.408. The van der Waals surface area contributed by atoms with Crippen molar-refractivity contribution in [2.24, 2.45) is 0 Å². The van der Waals surface area contributed by atoms with Gasteiger partial charge in [-0.15, -0.1) is 21.5 Å². The molecule has 6 rings (SSSR count). The number of hydrogen-bond acceptors (Lipinski definition) is 10. The first kappa shape index (κ1) is 26.6. The summed E-state index contributed by atoms with van der Waals surface area (Å²) in [5, 5.41) is 23.2. The number of nitro groups is 1. The molecule has 4 heterocycles. The molecule has 3 aromatic heterocycles. The van der Waals surface area contributed by atoms with Gasteiger partial charge in [0.05, 0.1) is 10.7 Å². The van der Waals surface area contributed by atoms with Gasteiger partial charge in [0, 0.05) is 73.0 Å². The van der Waals surface area contributed by atoms with Crippen molar-refractivity contribution < 1.29 is 9.72 Å². The Morgan fingerprint density at radius 2 is 1.73 bits per heavy atom. The maximum atomic E-state index is 13.2. The first-order valence-corrected chi connectivity index (χ1v) is 14.7. The number of piperazine rings is 1. The summed E-state index contributed by atoms with van der Waals surface area (Å²) in [4.78, 5) is 36.5. The van der Waals surface area contributed by atoms with Gasteiger partial charge in [-0.25, -0.2) is 4.98 Å². The Morgan fingerprint density at radius 1 is 0.951 bits per heavy atom. The maximum Gasteiger partial charge on any atom is 0.273 e. The predicted octanol–water partition coefficient (Wildman–Crippen LogP) is 4.95. The Morgan fingerprint density at radius 3 is 2.44 bits per heavy atom. The normalized spacial score (nSPS) is 13.4. The summed E-state index contributed by atoms with van der Waals surface area (Å²) in [6.45, 7) is 2.39. The molecular weight excluding hydrogens is 560 g/mol. The number of rotatable bonds is 8. The molecule has 41 heavy (non-hydrogen) atoms. The highest BCUT2D eigenvalue weighted by Crippen LogP contribution is 2.30. The quantitative estimate of drug-likeness (QED) is 0.142. The molecule has 0 saturated carbocycles. The number of para-hydroxylation sites is 1. The standard InChI is InChI=1S/C28H24N8O3S2/c37-27(34-15-13-33(14-16-34)21-8-10-23(11-9-21)36(38)39)24-18-40-25(30-24)19-41-28-32-31-26(20-5-4-12-29-17-20)35(28)22-6-2-1-3-7-22/h1-12,17-18H,13-16,19H2. The second-order valence-corrected chi connectivity index (χ2v) is 11.1. The van der Waals surface area contributed by atoms with Crippen molar-refractivity contribution in [3.63, 3.8) is 0 Å². The van der Waals surface area contributed by atoms with Gasteiger partial charge in [0.1, 0.15) is 10.7 Å². The van der Waals surface area contributed by atoms with Gasteiger partial charge >= 0.3 is 0 Å². The number of pyridine rings is 1. The van der Waals surface area contributed by atoms with Gasteiger partial charge in [-0.3, -0.25) is 24.5 Å². The van der Waals surface area contributed by atoms with Crippen molar-refractivity contribution in [3.8, 4) is 17.1 Å². The Bertz CT molecular complexity index is 1650. The molecule has 2 aromatic carbocycles. The summed E-state index contributed by atoms with van der Waals surface area (Å²) < 4.78 is 2.01. The van der Waals surface area contributed by atoms with Crippen LogP contribution in [-0.2, 0) is 5.75 Å². The Kier molecular flexibility index (Phi) is 7.69. The lowest BCUT2D eigenvalue weighted by Gasteiger charge is -2.35. The number of aromatic nitrogens is 5. The van der Waals surface area contributed by atoms with Crippen LogP contribution >= 0.6 is 23.1 Å². The van der Waals surface area contributed by atoms with E-state index in [0.717, 1.165) is 27.1 Å². The Balaban J connectivity index is 1.10. The van der Waals surface area contributed by atoms with Crippen molar-refractivity contribution in [3.05, 3.63) is 105 Å². The number of nitrogens with zero attached hydrogens (tertiary/aromatic N) is 8. The van der Waals surface area contributed by atoms with E-state index in [1.54, 1.807) is 29.4 Å². The number of non-ortho nitro benzene ring substituents is 1. The third-order valence-corrected chi connectivity index (χ3v) is 8.63. The topological polar surface area (TPSA) is 123 Å². The minimum Gasteiger partial charge on any atom is -0.368 e. The summed E-state index contributed by atoms with van der Waals surface area (Å²) in [5.74, 6) is 1.16. The highest BCUT2D eigenvalue weighted by atomic mass is 32.2. The molecular formula is C28H24N8O3S2. The molecule has 0 bridgehead atoms. The molecule has 1 fully saturated rings. The van der Waals surface area contributed by atoms with Crippen molar-refractivity contribution in [1.29, 1.82) is 0 Å². The second-order valence-electron chi connectivity index (χ2n) is 9.19. The lowest BCUT2D eigenvalue weighted by atomic mass is 10.2. The van der Waals surface area contributed by atoms with E-state index in [2.05, 4.69) is 25.1 Å². The van der Waals surface area contributed by atoms with Crippen LogP contribution in [0.2, 0.25) is 0 Å². The van der Waals surface area contributed by atoms with Gasteiger partial charge < -0.3 is 9.80 Å². The molecule has 5 aromatic rings. The summed E-state index contributed by atoms with van der Waals surface area (Å²) in [7, 11) is 0. The lowest BCUT2D eigenvalue weighted by Crippen LogP contribution is -2.48. The van der Waals surface area contributed by atoms with Crippen LogP contribution < -0.4 is 4.90 Å². The van der Waals surface area contributed by atoms with Crippen LogP contribution in [0.25, 0.3) is 17.1 Å². The van der Waals surface area contributed by atoms with E-state index in [9.17, 15) is 14.9 Å². The zero-order valence-electron chi connectivity index (χ0n) is 21.7.